The second-order valence-corrected chi connectivity index (χ2v) is 9.58. The number of piperazine rings is 1. The minimum atomic E-state index is -0.465. The molecule has 192 valence electrons. The van der Waals surface area contributed by atoms with E-state index in [-0.39, 0.29) is 17.4 Å². The number of carbonyl (C=O) groups excluding carboxylic acids is 1. The van der Waals surface area contributed by atoms with Crippen molar-refractivity contribution in [2.75, 3.05) is 70.6 Å². The smallest absolute Gasteiger partial charge is 0.289 e. The number of pyridine rings is 1. The molecular weight excluding hydrogens is 467 g/mol. The van der Waals surface area contributed by atoms with Crippen LogP contribution in [-0.4, -0.2) is 112 Å². The van der Waals surface area contributed by atoms with E-state index in [0.29, 0.717) is 67.8 Å². The van der Waals surface area contributed by atoms with Gasteiger partial charge in [-0.05, 0) is 12.8 Å². The van der Waals surface area contributed by atoms with Crippen LogP contribution in [0.1, 0.15) is 23.5 Å². The van der Waals surface area contributed by atoms with Gasteiger partial charge in [0.25, 0.3) is 5.91 Å². The van der Waals surface area contributed by atoms with Crippen LogP contribution in [0.15, 0.2) is 12.4 Å². The van der Waals surface area contributed by atoms with Crippen LogP contribution in [0.4, 0.5) is 10.1 Å². The zero-order valence-electron chi connectivity index (χ0n) is 20.5. The highest BCUT2D eigenvalue weighted by atomic mass is 19.1. The molecular formula is C24H31FN8O3. The first-order valence-electron chi connectivity index (χ1n) is 12.6. The summed E-state index contributed by atoms with van der Waals surface area (Å²) in [6.07, 6.45) is 5.39. The van der Waals surface area contributed by atoms with Crippen LogP contribution in [0.3, 0.4) is 0 Å². The lowest BCUT2D eigenvalue weighted by molar-refractivity contribution is 0.0135. The third-order valence-corrected chi connectivity index (χ3v) is 7.37. The molecule has 3 aliphatic heterocycles. The molecule has 0 atom stereocenters. The van der Waals surface area contributed by atoms with Gasteiger partial charge in [0.1, 0.15) is 16.9 Å². The highest BCUT2D eigenvalue weighted by Gasteiger charge is 2.31. The summed E-state index contributed by atoms with van der Waals surface area (Å²) in [5, 5.41) is 4.17. The van der Waals surface area contributed by atoms with Crippen molar-refractivity contribution in [2.45, 2.75) is 18.9 Å². The predicted octanol–water partition coefficient (Wildman–Crippen LogP) is 1.27. The van der Waals surface area contributed by atoms with Crippen molar-refractivity contribution < 1.29 is 18.7 Å². The molecule has 0 aliphatic carbocycles. The second-order valence-electron chi connectivity index (χ2n) is 9.58. The van der Waals surface area contributed by atoms with E-state index in [1.165, 1.54) is 0 Å². The number of anilines is 1. The Labute approximate surface area is 208 Å². The van der Waals surface area contributed by atoms with Crippen molar-refractivity contribution in [3.8, 4) is 11.3 Å². The van der Waals surface area contributed by atoms with Crippen molar-refractivity contribution in [3.05, 3.63) is 24.0 Å². The molecule has 12 heteroatoms. The molecule has 0 saturated carbocycles. The van der Waals surface area contributed by atoms with E-state index in [0.717, 1.165) is 39.1 Å². The van der Waals surface area contributed by atoms with Crippen LogP contribution in [0.5, 0.6) is 0 Å². The summed E-state index contributed by atoms with van der Waals surface area (Å²) in [4.78, 5) is 31.8. The lowest BCUT2D eigenvalue weighted by Crippen LogP contribution is -2.53. The molecule has 3 aromatic rings. The quantitative estimate of drug-likeness (QED) is 0.574. The van der Waals surface area contributed by atoms with E-state index in [4.69, 9.17) is 9.47 Å². The highest BCUT2D eigenvalue weighted by molar-refractivity contribution is 5.97. The number of rotatable bonds is 4. The lowest BCUT2D eigenvalue weighted by Gasteiger charge is -2.40. The highest BCUT2D eigenvalue weighted by Crippen LogP contribution is 2.34. The molecule has 3 aliphatic rings. The third kappa shape index (κ3) is 4.33. The Bertz CT molecular complexity index is 1240. The second kappa shape index (κ2) is 9.75. The van der Waals surface area contributed by atoms with Crippen LogP contribution in [0, 0.1) is 5.82 Å². The first-order chi connectivity index (χ1) is 17.6. The molecule has 6 heterocycles. The maximum Gasteiger partial charge on any atom is 0.289 e. The van der Waals surface area contributed by atoms with Gasteiger partial charge in [-0.25, -0.2) is 14.4 Å². The van der Waals surface area contributed by atoms with Crippen molar-refractivity contribution in [2.24, 2.45) is 7.05 Å². The van der Waals surface area contributed by atoms with Gasteiger partial charge in [-0.15, -0.1) is 0 Å². The van der Waals surface area contributed by atoms with E-state index >= 15 is 4.39 Å². The number of ether oxygens (including phenoxy) is 2. The van der Waals surface area contributed by atoms with Crippen molar-refractivity contribution in [1.29, 1.82) is 0 Å². The van der Waals surface area contributed by atoms with Gasteiger partial charge in [0, 0.05) is 77.3 Å². The molecule has 11 nitrogen and oxygen atoms in total. The Morgan fingerprint density at radius 2 is 1.75 bits per heavy atom. The number of amides is 1. The maximum atomic E-state index is 15.9. The SMILES string of the molecule is Cn1cc(-c2nc3[nH]c(C(=O)N4CCN(C5CCOCC5)CC4)nc3c(N3CCOCC3)c2F)cn1. The Hall–Kier alpha value is -3.09. The Kier molecular flexibility index (Phi) is 6.32. The molecule has 3 fully saturated rings. The number of aromatic amines is 1. The summed E-state index contributed by atoms with van der Waals surface area (Å²) in [5.74, 6) is -0.460. The van der Waals surface area contributed by atoms with E-state index in [9.17, 15) is 4.79 Å². The molecule has 36 heavy (non-hydrogen) atoms. The third-order valence-electron chi connectivity index (χ3n) is 7.37. The van der Waals surface area contributed by atoms with Gasteiger partial charge in [0.15, 0.2) is 17.3 Å². The Morgan fingerprint density at radius 3 is 2.44 bits per heavy atom. The molecule has 0 aromatic carbocycles. The number of nitrogens with one attached hydrogen (secondary N) is 1. The van der Waals surface area contributed by atoms with Crippen molar-refractivity contribution in [1.82, 2.24) is 34.5 Å². The van der Waals surface area contributed by atoms with Gasteiger partial charge in [0.05, 0.1) is 19.4 Å². The fourth-order valence-corrected chi connectivity index (χ4v) is 5.39. The minimum Gasteiger partial charge on any atom is -0.381 e. The topological polar surface area (TPSA) is 105 Å². The molecule has 1 N–H and O–H groups in total. The number of morpholine rings is 1. The molecule has 0 spiro atoms. The number of hydrogen-bond donors (Lipinski definition) is 1. The average Bonchev–Trinajstić information content (AvgIpc) is 3.55. The van der Waals surface area contributed by atoms with Crippen LogP contribution in [0.25, 0.3) is 22.4 Å². The van der Waals surface area contributed by atoms with Crippen molar-refractivity contribution >= 4 is 22.8 Å². The average molecular weight is 499 g/mol. The minimum absolute atomic E-state index is 0.184. The summed E-state index contributed by atoms with van der Waals surface area (Å²) in [7, 11) is 1.78. The molecule has 0 unspecified atom stereocenters. The number of aromatic nitrogens is 5. The lowest BCUT2D eigenvalue weighted by atomic mass is 10.1. The number of H-pyrrole nitrogens is 1. The first kappa shape index (κ1) is 23.3. The fraction of sp³-hybridized carbons (Fsp3) is 0.583. The standard InChI is InChI=1S/C24H31FN8O3/c1-30-15-16(14-26-30)19-18(25)21(32-8-12-36-13-9-32)20-22(27-19)29-23(28-20)24(34)33-6-4-31(5-7-33)17-2-10-35-11-3-17/h14-15,17H,2-13H2,1H3,(H,27,28,29). The van der Waals surface area contributed by atoms with E-state index in [1.54, 1.807) is 24.1 Å². The molecule has 0 radical (unpaired) electrons. The summed E-state index contributed by atoms with van der Waals surface area (Å²) in [5.41, 5.74) is 1.86. The number of nitrogens with zero attached hydrogens (tertiary/aromatic N) is 7. The number of hydrogen-bond acceptors (Lipinski definition) is 8. The Balaban J connectivity index is 1.30. The monoisotopic (exact) mass is 498 g/mol. The number of halogens is 1. The van der Waals surface area contributed by atoms with Gasteiger partial charge < -0.3 is 24.3 Å². The van der Waals surface area contributed by atoms with Gasteiger partial charge in [-0.1, -0.05) is 0 Å². The van der Waals surface area contributed by atoms with Gasteiger partial charge >= 0.3 is 0 Å². The van der Waals surface area contributed by atoms with Crippen LogP contribution in [0.2, 0.25) is 0 Å². The summed E-state index contributed by atoms with van der Waals surface area (Å²) < 4.78 is 28.5. The van der Waals surface area contributed by atoms with E-state index in [1.807, 2.05) is 9.80 Å². The molecule has 3 saturated heterocycles. The Morgan fingerprint density at radius 1 is 1.03 bits per heavy atom. The molecule has 3 aromatic heterocycles. The zero-order valence-corrected chi connectivity index (χ0v) is 20.5. The first-order valence-corrected chi connectivity index (χ1v) is 12.6. The number of aryl methyl sites for hydroxylation is 1. The van der Waals surface area contributed by atoms with Crippen LogP contribution in [-0.2, 0) is 16.5 Å². The number of carbonyl (C=O) groups is 1. The number of imidazole rings is 1. The molecule has 0 bridgehead atoms. The van der Waals surface area contributed by atoms with E-state index in [2.05, 4.69) is 25.0 Å². The van der Waals surface area contributed by atoms with Gasteiger partial charge in [-0.3, -0.25) is 14.4 Å². The zero-order chi connectivity index (χ0) is 24.6. The molecule has 1 amide bonds. The summed E-state index contributed by atoms with van der Waals surface area (Å²) >= 11 is 0. The van der Waals surface area contributed by atoms with Gasteiger partial charge in [0.2, 0.25) is 0 Å². The largest absolute Gasteiger partial charge is 0.381 e. The summed E-state index contributed by atoms with van der Waals surface area (Å²) in [6.45, 7) is 6.59. The van der Waals surface area contributed by atoms with Crippen LogP contribution < -0.4 is 4.90 Å². The number of fused-ring (bicyclic) bond motifs is 1. The fourth-order valence-electron chi connectivity index (χ4n) is 5.39. The van der Waals surface area contributed by atoms with Gasteiger partial charge in [-0.2, -0.15) is 5.10 Å². The predicted molar refractivity (Wildman–Crippen MR) is 130 cm³/mol. The van der Waals surface area contributed by atoms with Crippen LogP contribution >= 0.6 is 0 Å². The van der Waals surface area contributed by atoms with Crippen molar-refractivity contribution in [3.63, 3.8) is 0 Å². The maximum absolute atomic E-state index is 15.9. The summed E-state index contributed by atoms with van der Waals surface area (Å²) in [6, 6.07) is 0.524. The molecule has 6 rings (SSSR count). The normalized spacial score (nSPS) is 20.4. The van der Waals surface area contributed by atoms with E-state index < -0.39 is 5.82 Å².